The molecule has 3 rings (SSSR count). The molecule has 0 radical (unpaired) electrons. The maximum atomic E-state index is 12.8. The van der Waals surface area contributed by atoms with Crippen molar-refractivity contribution in [3.8, 4) is 0 Å². The first-order valence-corrected chi connectivity index (χ1v) is 8.63. The van der Waals surface area contributed by atoms with Crippen LogP contribution < -0.4 is 0 Å². The summed E-state index contributed by atoms with van der Waals surface area (Å²) in [6, 6.07) is 6.52. The monoisotopic (exact) mass is 398 g/mol. The van der Waals surface area contributed by atoms with Gasteiger partial charge < -0.3 is 14.4 Å². The Hall–Kier alpha value is -2.81. The summed E-state index contributed by atoms with van der Waals surface area (Å²) in [5.74, 6) is -0.351. The highest BCUT2D eigenvalue weighted by Gasteiger charge is 2.31. The molecule has 2 heterocycles. The quantitative estimate of drug-likeness (QED) is 0.803. The smallest absolute Gasteiger partial charge is 0.416 e. The fourth-order valence-electron chi connectivity index (χ4n) is 2.98. The van der Waals surface area contributed by atoms with Gasteiger partial charge in [0.25, 0.3) is 12.4 Å². The number of carbonyl (C=O) groups excluding carboxylic acids is 1. The van der Waals surface area contributed by atoms with Crippen molar-refractivity contribution in [3.05, 3.63) is 59.5 Å². The van der Waals surface area contributed by atoms with Crippen molar-refractivity contribution in [2.24, 2.45) is 0 Å². The van der Waals surface area contributed by atoms with Gasteiger partial charge in [-0.05, 0) is 30.7 Å². The SMILES string of the molecule is O=C(c1cccc(C(F)(F)F)c1)N1CCCN(Cc2ccoc2)CC1.O=CO. The third-order valence-electron chi connectivity index (χ3n) is 4.30. The minimum absolute atomic E-state index is 0.0816. The normalized spacial score (nSPS) is 15.3. The Balaban J connectivity index is 0.000000878. The first kappa shape index (κ1) is 21.5. The Morgan fingerprint density at radius 3 is 2.57 bits per heavy atom. The van der Waals surface area contributed by atoms with Crippen LogP contribution in [0.25, 0.3) is 0 Å². The van der Waals surface area contributed by atoms with E-state index in [2.05, 4.69) is 4.90 Å². The van der Waals surface area contributed by atoms with Crippen molar-refractivity contribution in [2.75, 3.05) is 26.2 Å². The molecule has 9 heteroatoms. The van der Waals surface area contributed by atoms with Crippen LogP contribution in [0.5, 0.6) is 0 Å². The van der Waals surface area contributed by atoms with Crippen LogP contribution in [0.4, 0.5) is 13.2 Å². The van der Waals surface area contributed by atoms with Crippen LogP contribution in [0.15, 0.2) is 47.3 Å². The topological polar surface area (TPSA) is 74.0 Å². The van der Waals surface area contributed by atoms with E-state index in [1.165, 1.54) is 12.1 Å². The number of carboxylic acid groups (broad SMARTS) is 1. The van der Waals surface area contributed by atoms with E-state index < -0.39 is 11.7 Å². The standard InChI is InChI=1S/C18H19F3N2O2.CH2O2/c19-18(20,21)16-4-1-3-15(11-16)17(24)23-7-2-6-22(8-9-23)12-14-5-10-25-13-14;2-1-3/h1,3-5,10-11,13H,2,6-9,12H2;1H,(H,2,3). The van der Waals surface area contributed by atoms with Crippen molar-refractivity contribution in [1.82, 2.24) is 9.80 Å². The fourth-order valence-corrected chi connectivity index (χ4v) is 2.98. The summed E-state index contributed by atoms with van der Waals surface area (Å²) >= 11 is 0. The molecule has 2 aromatic rings. The second kappa shape index (κ2) is 9.93. The van der Waals surface area contributed by atoms with Gasteiger partial charge >= 0.3 is 6.18 Å². The van der Waals surface area contributed by atoms with Crippen molar-refractivity contribution >= 4 is 12.4 Å². The van der Waals surface area contributed by atoms with Crippen LogP contribution in [-0.2, 0) is 17.5 Å². The molecule has 6 nitrogen and oxygen atoms in total. The highest BCUT2D eigenvalue weighted by Crippen LogP contribution is 2.29. The molecule has 1 aliphatic heterocycles. The average Bonchev–Trinajstić information content (AvgIpc) is 3.05. The summed E-state index contributed by atoms with van der Waals surface area (Å²) in [5, 5.41) is 6.89. The zero-order valence-electron chi connectivity index (χ0n) is 15.1. The Bertz CT molecular complexity index is 763. The molecule has 0 aliphatic carbocycles. The van der Waals surface area contributed by atoms with Gasteiger partial charge in [-0.3, -0.25) is 14.5 Å². The van der Waals surface area contributed by atoms with Gasteiger partial charge in [-0.2, -0.15) is 13.2 Å². The molecule has 28 heavy (non-hydrogen) atoms. The molecule has 152 valence electrons. The van der Waals surface area contributed by atoms with Gasteiger partial charge in [0, 0.05) is 43.9 Å². The third kappa shape index (κ3) is 6.12. The van der Waals surface area contributed by atoms with E-state index in [4.69, 9.17) is 14.3 Å². The number of benzene rings is 1. The number of rotatable bonds is 3. The van der Waals surface area contributed by atoms with Gasteiger partial charge in [-0.25, -0.2) is 0 Å². The van der Waals surface area contributed by atoms with Gasteiger partial charge in [0.1, 0.15) is 0 Å². The van der Waals surface area contributed by atoms with Crippen LogP contribution >= 0.6 is 0 Å². The molecule has 0 atom stereocenters. The molecule has 1 amide bonds. The molecule has 1 N–H and O–H groups in total. The Kier molecular flexibility index (Phi) is 7.62. The molecule has 1 aromatic heterocycles. The molecular formula is C19H21F3N2O4. The zero-order chi connectivity index (χ0) is 20.6. The largest absolute Gasteiger partial charge is 0.483 e. The Morgan fingerprint density at radius 2 is 1.93 bits per heavy atom. The highest BCUT2D eigenvalue weighted by molar-refractivity contribution is 5.94. The van der Waals surface area contributed by atoms with Crippen molar-refractivity contribution < 1.29 is 32.3 Å². The maximum Gasteiger partial charge on any atom is 0.416 e. The van der Waals surface area contributed by atoms with Crippen LogP contribution in [0.2, 0.25) is 0 Å². The fraction of sp³-hybridized carbons (Fsp3) is 0.368. The van der Waals surface area contributed by atoms with Gasteiger partial charge in [0.15, 0.2) is 0 Å². The van der Waals surface area contributed by atoms with Crippen LogP contribution in [0.3, 0.4) is 0 Å². The number of nitrogens with zero attached hydrogens (tertiary/aromatic N) is 2. The van der Waals surface area contributed by atoms with Gasteiger partial charge in [-0.15, -0.1) is 0 Å². The maximum absolute atomic E-state index is 12.8. The predicted molar refractivity (Wildman–Crippen MR) is 94.6 cm³/mol. The van der Waals surface area contributed by atoms with Crippen molar-refractivity contribution in [2.45, 2.75) is 19.1 Å². The Labute approximate surface area is 160 Å². The van der Waals surface area contributed by atoms with Gasteiger partial charge in [0.2, 0.25) is 0 Å². The zero-order valence-corrected chi connectivity index (χ0v) is 15.1. The molecule has 1 aromatic carbocycles. The summed E-state index contributed by atoms with van der Waals surface area (Å²) < 4.78 is 43.6. The second-order valence-electron chi connectivity index (χ2n) is 6.24. The van der Waals surface area contributed by atoms with E-state index in [0.29, 0.717) is 19.6 Å². The lowest BCUT2D eigenvalue weighted by atomic mass is 10.1. The van der Waals surface area contributed by atoms with Crippen LogP contribution in [0.1, 0.15) is 27.9 Å². The number of halogens is 3. The number of amides is 1. The average molecular weight is 398 g/mol. The van der Waals surface area contributed by atoms with Crippen LogP contribution in [-0.4, -0.2) is 53.5 Å². The summed E-state index contributed by atoms with van der Waals surface area (Å²) in [5.41, 5.74) is 0.352. The molecule has 0 saturated carbocycles. The number of carbonyl (C=O) groups is 2. The molecule has 1 fully saturated rings. The third-order valence-corrected chi connectivity index (χ3v) is 4.30. The minimum Gasteiger partial charge on any atom is -0.483 e. The van der Waals surface area contributed by atoms with Crippen LogP contribution in [0, 0.1) is 0 Å². The minimum atomic E-state index is -4.45. The Morgan fingerprint density at radius 1 is 1.18 bits per heavy atom. The summed E-state index contributed by atoms with van der Waals surface area (Å²) in [6.07, 6.45) is -0.355. The molecular weight excluding hydrogens is 377 g/mol. The lowest BCUT2D eigenvalue weighted by Crippen LogP contribution is -2.35. The highest BCUT2D eigenvalue weighted by atomic mass is 19.4. The number of furan rings is 1. The lowest BCUT2D eigenvalue weighted by Gasteiger charge is -2.22. The lowest BCUT2D eigenvalue weighted by molar-refractivity contribution is -0.137. The number of alkyl halides is 3. The molecule has 0 unspecified atom stereocenters. The van der Waals surface area contributed by atoms with Crippen molar-refractivity contribution in [3.63, 3.8) is 0 Å². The molecule has 1 aliphatic rings. The second-order valence-corrected chi connectivity index (χ2v) is 6.24. The van der Waals surface area contributed by atoms with Crippen molar-refractivity contribution in [1.29, 1.82) is 0 Å². The first-order valence-electron chi connectivity index (χ1n) is 8.63. The summed E-state index contributed by atoms with van der Waals surface area (Å²) in [6.45, 7) is 3.03. The molecule has 0 spiro atoms. The van der Waals surface area contributed by atoms with E-state index in [9.17, 15) is 18.0 Å². The van der Waals surface area contributed by atoms with E-state index in [1.54, 1.807) is 17.4 Å². The molecule has 0 bridgehead atoms. The first-order chi connectivity index (χ1) is 13.3. The number of hydrogen-bond donors (Lipinski definition) is 1. The summed E-state index contributed by atoms with van der Waals surface area (Å²) in [4.78, 5) is 24.8. The number of hydrogen-bond acceptors (Lipinski definition) is 4. The predicted octanol–water partition coefficient (Wildman–Crippen LogP) is 3.35. The van der Waals surface area contributed by atoms with E-state index in [-0.39, 0.29) is 17.9 Å². The van der Waals surface area contributed by atoms with Gasteiger partial charge in [0.05, 0.1) is 18.1 Å². The van der Waals surface area contributed by atoms with E-state index >= 15 is 0 Å². The van der Waals surface area contributed by atoms with E-state index in [1.807, 2.05) is 6.07 Å². The molecule has 1 saturated heterocycles. The van der Waals surface area contributed by atoms with Gasteiger partial charge in [-0.1, -0.05) is 6.07 Å². The summed E-state index contributed by atoms with van der Waals surface area (Å²) in [7, 11) is 0. The van der Waals surface area contributed by atoms with E-state index in [0.717, 1.165) is 37.2 Å².